The molecular formula is C22H36N2O3. The van der Waals surface area contributed by atoms with Crippen molar-refractivity contribution in [1.82, 2.24) is 0 Å². The van der Waals surface area contributed by atoms with E-state index in [-0.39, 0.29) is 10.8 Å². The lowest BCUT2D eigenvalue weighted by Crippen LogP contribution is -2.62. The number of hydrogen-bond acceptors (Lipinski definition) is 5. The normalized spacial score (nSPS) is 48.1. The number of aliphatic hydroxyl groups is 1. The molecule has 0 aromatic heterocycles. The van der Waals surface area contributed by atoms with E-state index in [9.17, 15) is 9.90 Å². The summed E-state index contributed by atoms with van der Waals surface area (Å²) in [5, 5.41) is 16.0. The average Bonchev–Trinajstić information content (AvgIpc) is 2.95. The van der Waals surface area contributed by atoms with Gasteiger partial charge in [-0.2, -0.15) is 0 Å². The molecule has 0 heterocycles. The monoisotopic (exact) mass is 376 g/mol. The van der Waals surface area contributed by atoms with Crippen molar-refractivity contribution in [3.05, 3.63) is 0 Å². The van der Waals surface area contributed by atoms with Crippen molar-refractivity contribution in [2.45, 2.75) is 83.7 Å². The summed E-state index contributed by atoms with van der Waals surface area (Å²) in [7, 11) is 0. The highest BCUT2D eigenvalue weighted by Crippen LogP contribution is 2.66. The molecule has 4 saturated carbocycles. The van der Waals surface area contributed by atoms with Crippen molar-refractivity contribution < 1.29 is 14.7 Å². The third-order valence-electron chi connectivity index (χ3n) is 8.98. The zero-order valence-electron chi connectivity index (χ0n) is 17.0. The Morgan fingerprint density at radius 2 is 1.96 bits per heavy atom. The van der Waals surface area contributed by atoms with Crippen LogP contribution in [0.3, 0.4) is 0 Å². The van der Waals surface area contributed by atoms with Crippen molar-refractivity contribution >= 4 is 11.5 Å². The standard InChI is InChI=1S/C22H36N2O3/c1-20-9-8-18-16(17(20)4-5-19(20)25)7-11-22(26)14-15(6-10-21(18,22)2)24-27-13-3-12-23/h16-18,26H,3-14,23H2,1-2H3/t16-,17-,18-,20-,21+,22+/m0/s1. The first kappa shape index (κ1) is 19.4. The molecule has 4 rings (SSSR count). The molecule has 152 valence electrons. The Hall–Kier alpha value is -0.940. The van der Waals surface area contributed by atoms with Crippen molar-refractivity contribution in [2.75, 3.05) is 13.2 Å². The van der Waals surface area contributed by atoms with Gasteiger partial charge in [0.05, 0.1) is 11.3 Å². The Balaban J connectivity index is 1.52. The number of hydrogen-bond donors (Lipinski definition) is 2. The summed E-state index contributed by atoms with van der Waals surface area (Å²) in [6.45, 7) is 5.69. The van der Waals surface area contributed by atoms with E-state index in [4.69, 9.17) is 10.6 Å². The van der Waals surface area contributed by atoms with Crippen LogP contribution in [0.1, 0.15) is 78.1 Å². The van der Waals surface area contributed by atoms with Gasteiger partial charge >= 0.3 is 0 Å². The van der Waals surface area contributed by atoms with Crippen molar-refractivity contribution in [2.24, 2.45) is 39.5 Å². The van der Waals surface area contributed by atoms with Gasteiger partial charge in [-0.15, -0.1) is 0 Å². The van der Waals surface area contributed by atoms with Crippen molar-refractivity contribution in [3.63, 3.8) is 0 Å². The van der Waals surface area contributed by atoms with E-state index in [1.165, 1.54) is 0 Å². The van der Waals surface area contributed by atoms with Gasteiger partial charge in [0, 0.05) is 23.7 Å². The summed E-state index contributed by atoms with van der Waals surface area (Å²) in [6.07, 6.45) is 9.12. The zero-order chi connectivity index (χ0) is 19.3. The van der Waals surface area contributed by atoms with Gasteiger partial charge in [0.25, 0.3) is 0 Å². The van der Waals surface area contributed by atoms with E-state index < -0.39 is 5.60 Å². The number of carbonyl (C=O) groups excluding carboxylic acids is 1. The lowest BCUT2D eigenvalue weighted by Gasteiger charge is -2.62. The summed E-state index contributed by atoms with van der Waals surface area (Å²) in [5.74, 6) is 2.14. The van der Waals surface area contributed by atoms with E-state index in [0.717, 1.165) is 63.5 Å². The number of nitrogens with two attached hydrogens (primary N) is 1. The van der Waals surface area contributed by atoms with Gasteiger partial charge in [0.15, 0.2) is 0 Å². The van der Waals surface area contributed by atoms with Crippen LogP contribution in [-0.4, -0.2) is 35.4 Å². The minimum absolute atomic E-state index is 0.0703. The highest BCUT2D eigenvalue weighted by molar-refractivity contribution is 5.87. The Kier molecular flexibility index (Phi) is 4.91. The molecule has 0 radical (unpaired) electrons. The second-order valence-corrected chi connectivity index (χ2v) is 10.1. The van der Waals surface area contributed by atoms with Crippen LogP contribution in [0.4, 0.5) is 0 Å². The first-order valence-electron chi connectivity index (χ1n) is 11.0. The SMILES string of the molecule is C[C@]12CC[C@H]3[C@@H](CC[C@@]4(O)CC(=NOCCCN)CC[C@]34C)[C@@H]1CCC2=O. The molecule has 0 saturated heterocycles. The summed E-state index contributed by atoms with van der Waals surface area (Å²) in [5.41, 5.74) is 5.66. The molecule has 4 fully saturated rings. The van der Waals surface area contributed by atoms with Crippen LogP contribution >= 0.6 is 0 Å². The third-order valence-corrected chi connectivity index (χ3v) is 8.98. The largest absolute Gasteiger partial charge is 0.396 e. The first-order valence-corrected chi connectivity index (χ1v) is 11.0. The van der Waals surface area contributed by atoms with E-state index in [1.807, 2.05) is 0 Å². The van der Waals surface area contributed by atoms with Gasteiger partial charge in [-0.05, 0) is 75.7 Å². The Bertz CT molecular complexity index is 635. The molecule has 4 aliphatic rings. The predicted octanol–water partition coefficient (Wildman–Crippen LogP) is 3.43. The van der Waals surface area contributed by atoms with Crippen molar-refractivity contribution in [3.8, 4) is 0 Å². The van der Waals surface area contributed by atoms with Crippen LogP contribution in [0, 0.1) is 28.6 Å². The molecule has 4 aliphatic carbocycles. The minimum Gasteiger partial charge on any atom is -0.396 e. The third kappa shape index (κ3) is 2.88. The molecule has 6 atom stereocenters. The van der Waals surface area contributed by atoms with Gasteiger partial charge in [0.1, 0.15) is 12.4 Å². The maximum absolute atomic E-state index is 12.5. The number of Topliss-reactive ketones (excluding diaryl/α,β-unsaturated/α-hetero) is 1. The molecule has 0 aliphatic heterocycles. The molecule has 5 heteroatoms. The Labute approximate surface area is 163 Å². The second kappa shape index (κ2) is 6.84. The lowest BCUT2D eigenvalue weighted by molar-refractivity contribution is -0.188. The van der Waals surface area contributed by atoms with Gasteiger partial charge in [0.2, 0.25) is 0 Å². The lowest BCUT2D eigenvalue weighted by atomic mass is 9.43. The van der Waals surface area contributed by atoms with Crippen LogP contribution in [0.5, 0.6) is 0 Å². The maximum Gasteiger partial charge on any atom is 0.139 e. The van der Waals surface area contributed by atoms with Gasteiger partial charge in [-0.3, -0.25) is 4.79 Å². The second-order valence-electron chi connectivity index (χ2n) is 10.1. The van der Waals surface area contributed by atoms with Crippen molar-refractivity contribution in [1.29, 1.82) is 0 Å². The zero-order valence-corrected chi connectivity index (χ0v) is 17.0. The Morgan fingerprint density at radius 3 is 2.74 bits per heavy atom. The number of nitrogens with zero attached hydrogens (tertiary/aromatic N) is 1. The molecule has 0 aromatic rings. The fraction of sp³-hybridized carbons (Fsp3) is 0.909. The predicted molar refractivity (Wildman–Crippen MR) is 105 cm³/mol. The molecular weight excluding hydrogens is 340 g/mol. The fourth-order valence-electron chi connectivity index (χ4n) is 7.19. The molecule has 0 bridgehead atoms. The Morgan fingerprint density at radius 1 is 1.15 bits per heavy atom. The van der Waals surface area contributed by atoms with Gasteiger partial charge in [-0.1, -0.05) is 19.0 Å². The highest BCUT2D eigenvalue weighted by Gasteiger charge is 2.64. The fourth-order valence-corrected chi connectivity index (χ4v) is 7.19. The van der Waals surface area contributed by atoms with Gasteiger partial charge < -0.3 is 15.7 Å². The molecule has 3 N–H and O–H groups in total. The number of fused-ring (bicyclic) bond motifs is 5. The molecule has 5 nitrogen and oxygen atoms in total. The quantitative estimate of drug-likeness (QED) is 0.581. The smallest absolute Gasteiger partial charge is 0.139 e. The van der Waals surface area contributed by atoms with E-state index in [0.29, 0.717) is 43.1 Å². The van der Waals surface area contributed by atoms with E-state index in [2.05, 4.69) is 19.0 Å². The van der Waals surface area contributed by atoms with Crippen LogP contribution in [-0.2, 0) is 9.63 Å². The maximum atomic E-state index is 12.5. The van der Waals surface area contributed by atoms with E-state index in [1.54, 1.807) is 0 Å². The molecule has 0 unspecified atom stereocenters. The minimum atomic E-state index is -0.682. The number of carbonyl (C=O) groups is 1. The topological polar surface area (TPSA) is 84.9 Å². The number of ketones is 1. The number of oxime groups is 1. The molecule has 0 amide bonds. The summed E-state index contributed by atoms with van der Waals surface area (Å²) >= 11 is 0. The van der Waals surface area contributed by atoms with E-state index >= 15 is 0 Å². The molecule has 27 heavy (non-hydrogen) atoms. The summed E-state index contributed by atoms with van der Waals surface area (Å²) in [6, 6.07) is 0. The van der Waals surface area contributed by atoms with Crippen LogP contribution in [0.25, 0.3) is 0 Å². The molecule has 0 aromatic carbocycles. The van der Waals surface area contributed by atoms with Crippen LogP contribution in [0.2, 0.25) is 0 Å². The summed E-state index contributed by atoms with van der Waals surface area (Å²) < 4.78 is 0. The molecule has 0 spiro atoms. The van der Waals surface area contributed by atoms with Crippen LogP contribution in [0.15, 0.2) is 5.16 Å². The highest BCUT2D eigenvalue weighted by atomic mass is 16.6. The average molecular weight is 377 g/mol. The van der Waals surface area contributed by atoms with Crippen LogP contribution < -0.4 is 5.73 Å². The number of rotatable bonds is 4. The summed E-state index contributed by atoms with van der Waals surface area (Å²) in [4.78, 5) is 18.0. The van der Waals surface area contributed by atoms with Gasteiger partial charge in [-0.25, -0.2) is 0 Å². The first-order chi connectivity index (χ1) is 12.8.